The summed E-state index contributed by atoms with van der Waals surface area (Å²) < 4.78 is 0. The number of likely N-dealkylation sites (N-methyl/N-ethyl adjacent to an activating group) is 2. The third kappa shape index (κ3) is 4.94. The first-order valence-corrected chi connectivity index (χ1v) is 8.34. The molecule has 2 amide bonds. The van der Waals surface area contributed by atoms with Gasteiger partial charge in [-0.3, -0.25) is 4.90 Å². The molecule has 0 aromatic heterocycles. The Morgan fingerprint density at radius 1 is 1.13 bits per heavy atom. The van der Waals surface area contributed by atoms with Gasteiger partial charge < -0.3 is 15.5 Å². The van der Waals surface area contributed by atoms with Crippen LogP contribution in [-0.4, -0.2) is 62.1 Å². The zero-order valence-corrected chi connectivity index (χ0v) is 15.1. The number of piperazine rings is 1. The van der Waals surface area contributed by atoms with Crippen LogP contribution in [0.3, 0.4) is 0 Å². The van der Waals surface area contributed by atoms with E-state index < -0.39 is 0 Å². The summed E-state index contributed by atoms with van der Waals surface area (Å²) in [4.78, 5) is 16.7. The van der Waals surface area contributed by atoms with Crippen LogP contribution in [0.25, 0.3) is 0 Å². The van der Waals surface area contributed by atoms with Crippen molar-refractivity contribution >= 4 is 6.03 Å². The van der Waals surface area contributed by atoms with E-state index in [-0.39, 0.29) is 6.03 Å². The van der Waals surface area contributed by atoms with E-state index in [4.69, 9.17) is 0 Å². The highest BCUT2D eigenvalue weighted by atomic mass is 16.2. The van der Waals surface area contributed by atoms with Crippen molar-refractivity contribution in [1.29, 1.82) is 0 Å². The highest BCUT2D eigenvalue weighted by Gasteiger charge is 2.22. The number of urea groups is 1. The number of carbonyl (C=O) groups excluding carboxylic acids is 1. The monoisotopic (exact) mass is 318 g/mol. The maximum atomic E-state index is 12.1. The molecule has 1 fully saturated rings. The molecule has 0 spiro atoms. The predicted octanol–water partition coefficient (Wildman–Crippen LogP) is 1.66. The molecule has 1 aromatic carbocycles. The average molecular weight is 318 g/mol. The lowest BCUT2D eigenvalue weighted by atomic mass is 10.00. The molecule has 2 N–H and O–H groups in total. The van der Waals surface area contributed by atoms with E-state index in [1.54, 1.807) is 0 Å². The minimum Gasteiger partial charge on any atom is -0.337 e. The summed E-state index contributed by atoms with van der Waals surface area (Å²) in [6.45, 7) is 10.7. The van der Waals surface area contributed by atoms with E-state index in [9.17, 15) is 4.79 Å². The molecule has 5 nitrogen and oxygen atoms in total. The molecule has 2 rings (SSSR count). The molecular formula is C18H30N4O. The van der Waals surface area contributed by atoms with Gasteiger partial charge in [0.1, 0.15) is 0 Å². The first-order chi connectivity index (χ1) is 10.9. The molecule has 5 heteroatoms. The van der Waals surface area contributed by atoms with Crippen LogP contribution in [-0.2, 0) is 6.54 Å². The van der Waals surface area contributed by atoms with E-state index in [0.717, 1.165) is 19.6 Å². The van der Waals surface area contributed by atoms with Crippen LogP contribution in [0.2, 0.25) is 0 Å². The molecule has 0 unspecified atom stereocenters. The molecular weight excluding hydrogens is 288 g/mol. The summed E-state index contributed by atoms with van der Waals surface area (Å²) in [6.07, 6.45) is 0. The van der Waals surface area contributed by atoms with Gasteiger partial charge in [0.25, 0.3) is 0 Å². The minimum absolute atomic E-state index is 0.0917. The third-order valence-corrected chi connectivity index (χ3v) is 4.74. The molecule has 0 bridgehead atoms. The Morgan fingerprint density at radius 3 is 2.43 bits per heavy atom. The molecule has 0 saturated carbocycles. The van der Waals surface area contributed by atoms with Crippen LogP contribution >= 0.6 is 0 Å². The van der Waals surface area contributed by atoms with E-state index in [2.05, 4.69) is 67.4 Å². The number of hydrogen-bond donors (Lipinski definition) is 2. The standard InChI is InChI=1S/C18H30N4O/c1-13-8-14(2)17(15(3)9-13)11-20-18(23)19-10-16-12-21(4)6-7-22(16)5/h8-9,16H,6-7,10-12H2,1-5H3,(H2,19,20,23)/t16-/m1/s1. The fraction of sp³-hybridized carbons (Fsp3) is 0.611. The lowest BCUT2D eigenvalue weighted by molar-refractivity contribution is 0.114. The zero-order valence-electron chi connectivity index (χ0n) is 15.1. The van der Waals surface area contributed by atoms with Crippen molar-refractivity contribution in [3.8, 4) is 0 Å². The first kappa shape index (κ1) is 17.8. The fourth-order valence-corrected chi connectivity index (χ4v) is 3.25. The van der Waals surface area contributed by atoms with E-state index in [0.29, 0.717) is 19.1 Å². The Balaban J connectivity index is 1.81. The molecule has 1 saturated heterocycles. The Labute approximate surface area is 140 Å². The van der Waals surface area contributed by atoms with Gasteiger partial charge in [-0.2, -0.15) is 0 Å². The van der Waals surface area contributed by atoms with E-state index in [1.807, 2.05) is 0 Å². The Kier molecular flexibility index (Phi) is 6.02. The van der Waals surface area contributed by atoms with E-state index >= 15 is 0 Å². The van der Waals surface area contributed by atoms with Crippen LogP contribution in [0.15, 0.2) is 12.1 Å². The van der Waals surface area contributed by atoms with Crippen molar-refractivity contribution in [3.05, 3.63) is 34.4 Å². The Morgan fingerprint density at radius 2 is 1.78 bits per heavy atom. The number of aryl methyl sites for hydroxylation is 3. The highest BCUT2D eigenvalue weighted by Crippen LogP contribution is 2.15. The third-order valence-electron chi connectivity index (χ3n) is 4.74. The highest BCUT2D eigenvalue weighted by molar-refractivity contribution is 5.74. The van der Waals surface area contributed by atoms with Crippen LogP contribution < -0.4 is 10.6 Å². The molecule has 0 radical (unpaired) electrons. The lowest BCUT2D eigenvalue weighted by Crippen LogP contribution is -2.55. The molecule has 1 aromatic rings. The van der Waals surface area contributed by atoms with Crippen LogP contribution in [0.5, 0.6) is 0 Å². The molecule has 1 aliphatic rings. The smallest absolute Gasteiger partial charge is 0.315 e. The molecule has 128 valence electrons. The minimum atomic E-state index is -0.0917. The van der Waals surface area contributed by atoms with E-state index in [1.165, 1.54) is 22.3 Å². The fourth-order valence-electron chi connectivity index (χ4n) is 3.25. The summed E-state index contributed by atoms with van der Waals surface area (Å²) in [5, 5.41) is 5.99. The van der Waals surface area contributed by atoms with Gasteiger partial charge in [0, 0.05) is 38.8 Å². The van der Waals surface area contributed by atoms with Crippen LogP contribution in [0.1, 0.15) is 22.3 Å². The second kappa shape index (κ2) is 7.79. The van der Waals surface area contributed by atoms with Gasteiger partial charge >= 0.3 is 6.03 Å². The quantitative estimate of drug-likeness (QED) is 0.887. The number of rotatable bonds is 4. The molecule has 1 atom stereocenters. The number of amides is 2. The van der Waals surface area contributed by atoms with Crippen molar-refractivity contribution in [2.24, 2.45) is 0 Å². The van der Waals surface area contributed by atoms with Gasteiger partial charge in [0.15, 0.2) is 0 Å². The summed E-state index contributed by atoms with van der Waals surface area (Å²) in [6, 6.07) is 4.61. The lowest BCUT2D eigenvalue weighted by Gasteiger charge is -2.37. The van der Waals surface area contributed by atoms with Gasteiger partial charge in [0.05, 0.1) is 0 Å². The van der Waals surface area contributed by atoms with Gasteiger partial charge in [-0.1, -0.05) is 17.7 Å². The van der Waals surface area contributed by atoms with Crippen molar-refractivity contribution in [1.82, 2.24) is 20.4 Å². The molecule has 1 heterocycles. The van der Waals surface area contributed by atoms with Gasteiger partial charge in [-0.25, -0.2) is 4.79 Å². The number of benzene rings is 1. The van der Waals surface area contributed by atoms with Crippen molar-refractivity contribution in [2.75, 3.05) is 40.3 Å². The van der Waals surface area contributed by atoms with Gasteiger partial charge in [-0.05, 0) is 51.6 Å². The number of carbonyl (C=O) groups is 1. The second-order valence-corrected chi connectivity index (χ2v) is 6.84. The molecule has 23 heavy (non-hydrogen) atoms. The normalized spacial score (nSPS) is 19.6. The first-order valence-electron chi connectivity index (χ1n) is 8.34. The Bertz CT molecular complexity index is 535. The summed E-state index contributed by atoms with van der Waals surface area (Å²) in [7, 11) is 4.25. The second-order valence-electron chi connectivity index (χ2n) is 6.84. The number of nitrogens with zero attached hydrogens (tertiary/aromatic N) is 2. The zero-order chi connectivity index (χ0) is 17.0. The maximum absolute atomic E-state index is 12.1. The summed E-state index contributed by atoms with van der Waals surface area (Å²) in [5.41, 5.74) is 4.94. The number of hydrogen-bond acceptors (Lipinski definition) is 3. The summed E-state index contributed by atoms with van der Waals surface area (Å²) in [5.74, 6) is 0. The maximum Gasteiger partial charge on any atom is 0.315 e. The molecule has 1 aliphatic heterocycles. The van der Waals surface area contributed by atoms with Gasteiger partial charge in [-0.15, -0.1) is 0 Å². The van der Waals surface area contributed by atoms with Crippen LogP contribution in [0.4, 0.5) is 4.79 Å². The van der Waals surface area contributed by atoms with Gasteiger partial charge in [0.2, 0.25) is 0 Å². The average Bonchev–Trinajstić information content (AvgIpc) is 2.47. The van der Waals surface area contributed by atoms with Crippen molar-refractivity contribution in [2.45, 2.75) is 33.4 Å². The predicted molar refractivity (Wildman–Crippen MR) is 94.8 cm³/mol. The number of nitrogens with one attached hydrogen (secondary N) is 2. The van der Waals surface area contributed by atoms with Crippen LogP contribution in [0, 0.1) is 20.8 Å². The van der Waals surface area contributed by atoms with Crippen molar-refractivity contribution < 1.29 is 4.79 Å². The summed E-state index contributed by atoms with van der Waals surface area (Å²) >= 11 is 0. The molecule has 0 aliphatic carbocycles. The topological polar surface area (TPSA) is 47.6 Å². The Hall–Kier alpha value is -1.59. The van der Waals surface area contributed by atoms with Crippen molar-refractivity contribution in [3.63, 3.8) is 0 Å². The largest absolute Gasteiger partial charge is 0.337 e. The SMILES string of the molecule is Cc1cc(C)c(CNC(=O)NC[C@@H]2CN(C)CCN2C)c(C)c1.